The molecule has 7 aliphatic rings. The molecule has 0 bridgehead atoms. The van der Waals surface area contributed by atoms with Crippen molar-refractivity contribution < 1.29 is 64.6 Å². The molecule has 4 fully saturated rings. The van der Waals surface area contributed by atoms with Crippen molar-refractivity contribution in [3.63, 3.8) is 0 Å². The Labute approximate surface area is 458 Å². The normalized spacial score (nSPS) is 31.3. The lowest BCUT2D eigenvalue weighted by Gasteiger charge is -2.65. The number of cyclic esters (lactones) is 1. The van der Waals surface area contributed by atoms with Crippen LogP contribution in [0, 0.1) is 34.5 Å². The van der Waals surface area contributed by atoms with Crippen molar-refractivity contribution in [2.24, 2.45) is 34.5 Å². The molecule has 2 amide bonds. The van der Waals surface area contributed by atoms with Crippen LogP contribution in [0.25, 0.3) is 0 Å². The first-order valence-electron chi connectivity index (χ1n) is 27.5. The third-order valence-electron chi connectivity index (χ3n) is 19.3. The summed E-state index contributed by atoms with van der Waals surface area (Å²) >= 11 is 0. The van der Waals surface area contributed by atoms with E-state index in [1.54, 1.807) is 18.2 Å². The Balaban J connectivity index is 0.720. The molecule has 19 heteroatoms. The van der Waals surface area contributed by atoms with Crippen LogP contribution in [0.3, 0.4) is 0 Å². The van der Waals surface area contributed by atoms with E-state index >= 15 is 0 Å². The van der Waals surface area contributed by atoms with Gasteiger partial charge in [-0.05, 0) is 155 Å². The van der Waals surface area contributed by atoms with Gasteiger partial charge < -0.3 is 44.7 Å². The van der Waals surface area contributed by atoms with E-state index in [9.17, 15) is 50.5 Å². The second-order valence-electron chi connectivity index (χ2n) is 23.9. The molecule has 0 spiro atoms. The van der Waals surface area contributed by atoms with Gasteiger partial charge in [-0.15, -0.1) is 6.58 Å². The van der Waals surface area contributed by atoms with Crippen LogP contribution in [0.2, 0.25) is 0 Å². The number of carbonyl (C=O) groups is 3. The first kappa shape index (κ1) is 57.4. The van der Waals surface area contributed by atoms with Crippen LogP contribution >= 0.6 is 0 Å². The van der Waals surface area contributed by atoms with E-state index in [2.05, 4.69) is 33.2 Å². The lowest BCUT2D eigenvalue weighted by atomic mass is 9.42. The Kier molecular flexibility index (Phi) is 15.9. The number of anilines is 1. The van der Waals surface area contributed by atoms with Crippen LogP contribution in [0.1, 0.15) is 123 Å². The van der Waals surface area contributed by atoms with Gasteiger partial charge in [-0.1, -0.05) is 45.1 Å². The fourth-order valence-corrected chi connectivity index (χ4v) is 16.0. The van der Waals surface area contributed by atoms with Crippen molar-refractivity contribution in [3.05, 3.63) is 108 Å². The van der Waals surface area contributed by atoms with Crippen molar-refractivity contribution in [1.29, 1.82) is 0 Å². The highest BCUT2D eigenvalue weighted by molar-refractivity contribution is 7.86. The van der Waals surface area contributed by atoms with Crippen LogP contribution in [-0.2, 0) is 54.9 Å². The highest BCUT2D eigenvalue weighted by Crippen LogP contribution is 2.70. The summed E-state index contributed by atoms with van der Waals surface area (Å²) in [6.45, 7) is 15.3. The number of allylic oxidation sites excluding steroid dienone is 7. The van der Waals surface area contributed by atoms with Gasteiger partial charge in [-0.2, -0.15) is 4.58 Å². The molecule has 5 N–H and O–H groups in total. The molecule has 3 aliphatic heterocycles. The summed E-state index contributed by atoms with van der Waals surface area (Å²) in [7, 11) is -9.32. The number of amides is 2. The number of carbonyl (C=O) groups excluding carboxylic acids is 3. The average Bonchev–Trinajstić information content (AvgIpc) is 4.08. The number of esters is 1. The van der Waals surface area contributed by atoms with Gasteiger partial charge in [0, 0.05) is 71.9 Å². The van der Waals surface area contributed by atoms with Gasteiger partial charge in [0.15, 0.2) is 5.71 Å². The molecule has 422 valence electrons. The predicted octanol–water partition coefficient (Wildman–Crippen LogP) is 6.84. The summed E-state index contributed by atoms with van der Waals surface area (Å²) < 4.78 is 84.8. The lowest BCUT2D eigenvalue weighted by Crippen LogP contribution is -2.67. The number of nitrogens with zero attached hydrogens (tertiary/aromatic N) is 1. The largest absolute Gasteiger partial charge is 0.744 e. The van der Waals surface area contributed by atoms with Gasteiger partial charge in [-0.25, -0.2) is 21.6 Å². The molecular weight excluding hydrogens is 1040 g/mol. The maximum Gasteiger partial charge on any atom is 0.331 e. The van der Waals surface area contributed by atoms with Crippen LogP contribution < -0.4 is 16.0 Å². The topological polar surface area (TPSA) is 264 Å². The maximum atomic E-state index is 12.9. The number of rotatable bonds is 19. The van der Waals surface area contributed by atoms with E-state index in [0.717, 1.165) is 61.2 Å². The molecule has 3 unspecified atom stereocenters. The molecule has 2 aromatic carbocycles. The number of aliphatic hydroxyl groups excluding tert-OH is 1. The van der Waals surface area contributed by atoms with Crippen LogP contribution in [0.4, 0.5) is 11.4 Å². The van der Waals surface area contributed by atoms with Gasteiger partial charge in [0.05, 0.1) is 33.0 Å². The van der Waals surface area contributed by atoms with Gasteiger partial charge in [0.25, 0.3) is 0 Å². The van der Waals surface area contributed by atoms with Crippen LogP contribution in [0.5, 0.6) is 0 Å². The Hall–Kier alpha value is -5.28. The average molecular weight is 1110 g/mol. The van der Waals surface area contributed by atoms with E-state index in [1.165, 1.54) is 24.3 Å². The number of unbranched alkanes of at least 4 members (excludes halogenated alkanes) is 2. The fraction of sp³-hybridized carbons (Fsp3) is 0.559. The second-order valence-corrected chi connectivity index (χ2v) is 26.7. The molecule has 17 nitrogen and oxygen atoms in total. The van der Waals surface area contributed by atoms with E-state index in [-0.39, 0.29) is 89.1 Å². The minimum Gasteiger partial charge on any atom is -0.744 e. The molecule has 0 radical (unpaired) electrons. The highest BCUT2D eigenvalue weighted by Gasteiger charge is 2.71. The molecule has 2 aromatic rings. The molecular formula is C59H75N4O13S2-. The molecule has 9 atom stereocenters. The third-order valence-corrected chi connectivity index (χ3v) is 20.9. The van der Waals surface area contributed by atoms with Gasteiger partial charge in [0.2, 0.25) is 17.5 Å². The Bertz CT molecular complexity index is 3140. The summed E-state index contributed by atoms with van der Waals surface area (Å²) in [5.41, 5.74) is 2.06. The monoisotopic (exact) mass is 1110 g/mol. The van der Waals surface area contributed by atoms with E-state index in [1.807, 2.05) is 65.0 Å². The number of fused-ring (bicyclic) bond motifs is 7. The number of nitrogens with one attached hydrogen (secondary N) is 3. The second kappa shape index (κ2) is 21.6. The SMILES string of the molecule is C=C[C@]12CC[C@H](OCC(=O)NCCNC(=O)CCCCC[N+]3=C(C=CC=CC=C4Nc5ccc(S(=O)(=O)[O-])cc5C4(C)C)C(C)(C)c4cc(S(=O)(=O)[O-])ccc43)C[C@H]1CCC1C2C[C@@H](O)[C@]2(C)C(C3=CC(=O)OC3)CC[C@]12O. The maximum absolute atomic E-state index is 12.9. The zero-order chi connectivity index (χ0) is 56.2. The summed E-state index contributed by atoms with van der Waals surface area (Å²) in [4.78, 5) is 37.2. The van der Waals surface area contributed by atoms with E-state index in [0.29, 0.717) is 61.9 Å². The smallest absolute Gasteiger partial charge is 0.331 e. The fourth-order valence-electron chi connectivity index (χ4n) is 15.0. The summed E-state index contributed by atoms with van der Waals surface area (Å²) in [5, 5.41) is 33.6. The molecule has 9 rings (SSSR count). The van der Waals surface area contributed by atoms with Crippen molar-refractivity contribution in [2.45, 2.75) is 150 Å². The first-order chi connectivity index (χ1) is 36.8. The number of hydrogen-bond acceptors (Lipinski definition) is 14. The quantitative estimate of drug-likeness (QED) is 0.0241. The van der Waals surface area contributed by atoms with Gasteiger partial charge in [0.1, 0.15) is 40.0 Å². The third kappa shape index (κ3) is 10.5. The number of hydrogen-bond donors (Lipinski definition) is 5. The Morgan fingerprint density at radius 1 is 0.859 bits per heavy atom. The van der Waals surface area contributed by atoms with Gasteiger partial charge in [-0.3, -0.25) is 9.59 Å². The zero-order valence-electron chi connectivity index (χ0n) is 45.3. The summed E-state index contributed by atoms with van der Waals surface area (Å²) in [6.07, 6.45) is 20.3. The molecule has 4 aliphatic carbocycles. The van der Waals surface area contributed by atoms with Crippen LogP contribution in [0.15, 0.2) is 107 Å². The van der Waals surface area contributed by atoms with E-state index < -0.39 is 48.2 Å². The standard InChI is InChI=1S/C59H76N4O13S2/c1-7-58-25-23-39(31-38(58)17-20-43-44(58)34-51(64)57(6)42(24-26-59(43,57)68)37-30-54(67)76-35-37)75-36-53(66)61-28-27-60-52(65)16-12-9-13-29-63-48-22-19-41(78(72,73)74)33-46(48)56(4,5)50(63)15-11-8-10-14-49-55(2,3)45-32-40(77(69,70)71)18-21-47(45)62-49/h7-8,10-11,14-15,18-19,21-22,30,32-33,38-39,42-44,51,64,68H,1,9,12-13,16-17,20,23-29,31,34-36H2,2-6H3,(H4,60,61,65,66,69,70,71,72,73,74)/p-1/t38-,39+,42?,43?,44?,51-,57+,58+,59+/m1/s1. The van der Waals surface area contributed by atoms with Crippen molar-refractivity contribution in [1.82, 2.24) is 10.6 Å². The zero-order valence-corrected chi connectivity index (χ0v) is 47.0. The lowest BCUT2D eigenvalue weighted by molar-refractivity contribution is -0.438. The van der Waals surface area contributed by atoms with Crippen molar-refractivity contribution in [3.8, 4) is 0 Å². The van der Waals surface area contributed by atoms with Gasteiger partial charge >= 0.3 is 5.97 Å². The predicted molar refractivity (Wildman–Crippen MR) is 291 cm³/mol. The Morgan fingerprint density at radius 2 is 1.56 bits per heavy atom. The van der Waals surface area contributed by atoms with Crippen molar-refractivity contribution in [2.75, 3.05) is 38.2 Å². The van der Waals surface area contributed by atoms with Crippen LogP contribution in [-0.4, -0.2) is 115 Å². The molecule has 0 aromatic heterocycles. The Morgan fingerprint density at radius 3 is 2.26 bits per heavy atom. The number of ether oxygens (including phenoxy) is 2. The molecule has 0 saturated heterocycles. The van der Waals surface area contributed by atoms with Crippen molar-refractivity contribution >= 4 is 55.1 Å². The minimum atomic E-state index is -4.70. The molecule has 78 heavy (non-hydrogen) atoms. The summed E-state index contributed by atoms with van der Waals surface area (Å²) in [6, 6.07) is 8.73. The molecule has 4 saturated carbocycles. The molecule has 3 heterocycles. The van der Waals surface area contributed by atoms with E-state index in [4.69, 9.17) is 9.47 Å². The summed E-state index contributed by atoms with van der Waals surface area (Å²) in [5.74, 6) is -0.605. The number of aliphatic hydroxyl groups is 2. The first-order valence-corrected chi connectivity index (χ1v) is 30.3. The highest BCUT2D eigenvalue weighted by atomic mass is 32.2. The number of benzene rings is 2. The minimum absolute atomic E-state index is 0.0114.